The topological polar surface area (TPSA) is 99.3 Å². The van der Waals surface area contributed by atoms with E-state index in [0.29, 0.717) is 12.4 Å². The summed E-state index contributed by atoms with van der Waals surface area (Å²) >= 11 is 0. The van der Waals surface area contributed by atoms with Gasteiger partial charge in [0.05, 0.1) is 30.1 Å². The van der Waals surface area contributed by atoms with Crippen LogP contribution in [0.25, 0.3) is 11.4 Å². The maximum Gasteiger partial charge on any atom is 0.219 e. The molecule has 8 nitrogen and oxygen atoms in total. The van der Waals surface area contributed by atoms with Crippen molar-refractivity contribution < 1.29 is 9.47 Å². The van der Waals surface area contributed by atoms with E-state index < -0.39 is 5.60 Å². The van der Waals surface area contributed by atoms with Crippen molar-refractivity contribution in [2.45, 2.75) is 51.1 Å². The minimum absolute atomic E-state index is 0.239. The molecule has 2 fully saturated rings. The quantitative estimate of drug-likeness (QED) is 0.869. The van der Waals surface area contributed by atoms with Crippen LogP contribution in [0, 0.1) is 0 Å². The van der Waals surface area contributed by atoms with Gasteiger partial charge in [0.25, 0.3) is 0 Å². The molecule has 0 spiro atoms. The summed E-state index contributed by atoms with van der Waals surface area (Å²) in [6.07, 6.45) is 6.15. The molecule has 26 heavy (non-hydrogen) atoms. The number of aromatic nitrogens is 4. The molecule has 8 heteroatoms. The van der Waals surface area contributed by atoms with Gasteiger partial charge in [0, 0.05) is 31.0 Å². The number of nitrogens with two attached hydrogens (primary N) is 1. The molecule has 2 atom stereocenters. The standard InChI is InChI=1S/C18H22N6O2/c1-18(2)14-13(9-25-18)16(24-7-11-3-4-12(8-24)26-11)23-15(22-14)10-5-20-17(19)21-6-10/h5-6,11-12H,3-4,7-9H2,1-2H3,(H2,19,20,21). The van der Waals surface area contributed by atoms with E-state index >= 15 is 0 Å². The van der Waals surface area contributed by atoms with E-state index in [4.69, 9.17) is 25.2 Å². The summed E-state index contributed by atoms with van der Waals surface area (Å²) in [5.41, 5.74) is 7.94. The second kappa shape index (κ2) is 5.59. The fraction of sp³-hybridized carbons (Fsp3) is 0.556. The lowest BCUT2D eigenvalue weighted by Crippen LogP contribution is -2.43. The van der Waals surface area contributed by atoms with Gasteiger partial charge in [-0.2, -0.15) is 0 Å². The van der Waals surface area contributed by atoms with Crippen molar-refractivity contribution in [1.82, 2.24) is 19.9 Å². The molecule has 2 bridgehead atoms. The molecule has 5 rings (SSSR count). The molecule has 3 aliphatic heterocycles. The second-order valence-electron chi connectivity index (χ2n) is 7.69. The van der Waals surface area contributed by atoms with Gasteiger partial charge in [0.1, 0.15) is 11.4 Å². The van der Waals surface area contributed by atoms with Gasteiger partial charge in [-0.25, -0.2) is 19.9 Å². The SMILES string of the molecule is CC1(C)OCc2c(N3CC4CCC(C3)O4)nc(-c3cnc(N)nc3)nc21. The zero-order valence-electron chi connectivity index (χ0n) is 15.0. The number of nitrogens with zero attached hydrogens (tertiary/aromatic N) is 5. The van der Waals surface area contributed by atoms with Crippen molar-refractivity contribution in [3.63, 3.8) is 0 Å². The predicted molar refractivity (Wildman–Crippen MR) is 95.4 cm³/mol. The van der Waals surface area contributed by atoms with E-state index in [1.54, 1.807) is 12.4 Å². The number of nitrogen functional groups attached to an aromatic ring is 1. The minimum Gasteiger partial charge on any atom is -0.371 e. The third kappa shape index (κ3) is 2.52. The van der Waals surface area contributed by atoms with Gasteiger partial charge in [-0.05, 0) is 26.7 Å². The van der Waals surface area contributed by atoms with E-state index in [-0.39, 0.29) is 18.2 Å². The van der Waals surface area contributed by atoms with Gasteiger partial charge >= 0.3 is 0 Å². The highest BCUT2D eigenvalue weighted by Crippen LogP contribution is 2.41. The highest BCUT2D eigenvalue weighted by Gasteiger charge is 2.40. The number of fused-ring (bicyclic) bond motifs is 3. The minimum atomic E-state index is -0.443. The zero-order valence-corrected chi connectivity index (χ0v) is 15.0. The highest BCUT2D eigenvalue weighted by atomic mass is 16.5. The van der Waals surface area contributed by atoms with Crippen LogP contribution >= 0.6 is 0 Å². The third-order valence-corrected chi connectivity index (χ3v) is 5.41. The summed E-state index contributed by atoms with van der Waals surface area (Å²) in [7, 11) is 0. The molecule has 3 aliphatic rings. The van der Waals surface area contributed by atoms with E-state index in [9.17, 15) is 0 Å². The summed E-state index contributed by atoms with van der Waals surface area (Å²) in [4.78, 5) is 20.2. The monoisotopic (exact) mass is 354 g/mol. The molecule has 0 aromatic carbocycles. The van der Waals surface area contributed by atoms with Crippen molar-refractivity contribution >= 4 is 11.8 Å². The summed E-state index contributed by atoms with van der Waals surface area (Å²) in [5.74, 6) is 1.80. The second-order valence-corrected chi connectivity index (χ2v) is 7.69. The number of morpholine rings is 1. The Morgan fingerprint density at radius 2 is 1.81 bits per heavy atom. The van der Waals surface area contributed by atoms with Gasteiger partial charge in [-0.1, -0.05) is 0 Å². The number of anilines is 2. The maximum absolute atomic E-state index is 6.01. The molecule has 2 aromatic rings. The third-order valence-electron chi connectivity index (χ3n) is 5.41. The number of hydrogen-bond donors (Lipinski definition) is 1. The highest BCUT2D eigenvalue weighted by molar-refractivity contribution is 5.61. The Kier molecular flexibility index (Phi) is 3.42. The van der Waals surface area contributed by atoms with Crippen LogP contribution in [-0.4, -0.2) is 45.2 Å². The van der Waals surface area contributed by atoms with Crippen LogP contribution in [-0.2, 0) is 21.7 Å². The Morgan fingerprint density at radius 3 is 2.50 bits per heavy atom. The smallest absolute Gasteiger partial charge is 0.219 e. The number of hydrogen-bond acceptors (Lipinski definition) is 8. The van der Waals surface area contributed by atoms with E-state index in [0.717, 1.165) is 48.6 Å². The van der Waals surface area contributed by atoms with Gasteiger partial charge in [-0.15, -0.1) is 0 Å². The zero-order chi connectivity index (χ0) is 17.9. The summed E-state index contributed by atoms with van der Waals surface area (Å²) in [6.45, 7) is 6.34. The van der Waals surface area contributed by atoms with E-state index in [1.165, 1.54) is 0 Å². The molecule has 136 valence electrons. The molecule has 0 saturated carbocycles. The summed E-state index contributed by atoms with van der Waals surface area (Å²) in [5, 5.41) is 0. The summed E-state index contributed by atoms with van der Waals surface area (Å²) < 4.78 is 12.0. The van der Waals surface area contributed by atoms with Crippen molar-refractivity contribution in [2.75, 3.05) is 23.7 Å². The first-order valence-corrected chi connectivity index (χ1v) is 9.03. The Morgan fingerprint density at radius 1 is 1.12 bits per heavy atom. The molecule has 2 N–H and O–H groups in total. The maximum atomic E-state index is 6.01. The molecular weight excluding hydrogens is 332 g/mol. The first-order chi connectivity index (χ1) is 12.5. The van der Waals surface area contributed by atoms with Gasteiger partial charge in [-0.3, -0.25) is 0 Å². The number of rotatable bonds is 2. The van der Waals surface area contributed by atoms with Gasteiger partial charge in [0.15, 0.2) is 5.82 Å². The Bertz CT molecular complexity index is 842. The van der Waals surface area contributed by atoms with Crippen LogP contribution in [0.1, 0.15) is 37.9 Å². The van der Waals surface area contributed by atoms with Crippen LogP contribution in [0.3, 0.4) is 0 Å². The molecule has 2 unspecified atom stereocenters. The van der Waals surface area contributed by atoms with Crippen molar-refractivity contribution in [3.05, 3.63) is 23.7 Å². The largest absolute Gasteiger partial charge is 0.371 e. The van der Waals surface area contributed by atoms with Crippen LogP contribution in [0.2, 0.25) is 0 Å². The fourth-order valence-electron chi connectivity index (χ4n) is 4.06. The van der Waals surface area contributed by atoms with Crippen molar-refractivity contribution in [1.29, 1.82) is 0 Å². The molecule has 2 aromatic heterocycles. The normalized spacial score (nSPS) is 26.2. The van der Waals surface area contributed by atoms with Crippen molar-refractivity contribution in [3.8, 4) is 11.4 Å². The molecular formula is C18H22N6O2. The van der Waals surface area contributed by atoms with Gasteiger partial charge < -0.3 is 20.1 Å². The lowest BCUT2D eigenvalue weighted by Gasteiger charge is -2.34. The van der Waals surface area contributed by atoms with Crippen LogP contribution < -0.4 is 10.6 Å². The van der Waals surface area contributed by atoms with Crippen LogP contribution in [0.5, 0.6) is 0 Å². The average molecular weight is 354 g/mol. The van der Waals surface area contributed by atoms with Crippen LogP contribution in [0.15, 0.2) is 12.4 Å². The van der Waals surface area contributed by atoms with E-state index in [1.807, 2.05) is 13.8 Å². The summed E-state index contributed by atoms with van der Waals surface area (Å²) in [6, 6.07) is 0. The molecule has 0 amide bonds. The molecule has 0 radical (unpaired) electrons. The van der Waals surface area contributed by atoms with Crippen molar-refractivity contribution in [2.24, 2.45) is 0 Å². The Balaban J connectivity index is 1.63. The number of ether oxygens (including phenoxy) is 2. The lowest BCUT2D eigenvalue weighted by molar-refractivity contribution is -0.0101. The van der Waals surface area contributed by atoms with Crippen LogP contribution in [0.4, 0.5) is 11.8 Å². The molecule has 2 saturated heterocycles. The van der Waals surface area contributed by atoms with E-state index in [2.05, 4.69) is 14.9 Å². The Hall–Kier alpha value is -2.32. The first-order valence-electron chi connectivity index (χ1n) is 9.03. The predicted octanol–water partition coefficient (Wildman–Crippen LogP) is 1.65. The molecule has 5 heterocycles. The fourth-order valence-corrected chi connectivity index (χ4v) is 4.06. The lowest BCUT2D eigenvalue weighted by atomic mass is 10.0. The Labute approximate surface area is 151 Å². The van der Waals surface area contributed by atoms with Gasteiger partial charge in [0.2, 0.25) is 5.95 Å². The first kappa shape index (κ1) is 15.9. The molecule has 0 aliphatic carbocycles. The average Bonchev–Trinajstić information content (AvgIpc) is 3.13.